The van der Waals surface area contributed by atoms with Gasteiger partial charge in [0, 0.05) is 30.4 Å². The number of carboxylic acid groups (broad SMARTS) is 2. The Balaban J connectivity index is 1.29. The van der Waals surface area contributed by atoms with Gasteiger partial charge in [0.2, 0.25) is 35.4 Å². The minimum atomic E-state index is -1.67. The Morgan fingerprint density at radius 3 is 1.68 bits per heavy atom. The van der Waals surface area contributed by atoms with Gasteiger partial charge in [-0.3, -0.25) is 33.6 Å². The van der Waals surface area contributed by atoms with Gasteiger partial charge in [-0.25, -0.2) is 4.79 Å². The second-order valence-electron chi connectivity index (χ2n) is 19.9. The average molecular weight is 906 g/mol. The van der Waals surface area contributed by atoms with Crippen LogP contribution in [0.15, 0.2) is 30.5 Å². The highest BCUT2D eigenvalue weighted by molar-refractivity contribution is 5.98. The smallest absolute Gasteiger partial charge is 0.326 e. The lowest BCUT2D eigenvalue weighted by molar-refractivity contribution is -0.142. The van der Waals surface area contributed by atoms with Gasteiger partial charge in [0.05, 0.1) is 6.42 Å². The van der Waals surface area contributed by atoms with Crippen molar-refractivity contribution in [3.8, 4) is 0 Å². The van der Waals surface area contributed by atoms with Crippen molar-refractivity contribution in [2.45, 2.75) is 162 Å². The Morgan fingerprint density at radius 2 is 1.15 bits per heavy atom. The van der Waals surface area contributed by atoms with E-state index in [2.05, 4.69) is 36.9 Å². The Labute approximate surface area is 381 Å². The number of hydrogen-bond acceptors (Lipinski definition) is 8. The lowest BCUT2D eigenvalue weighted by Gasteiger charge is -2.57. The highest BCUT2D eigenvalue weighted by atomic mass is 16.4. The standard InChI is InChI=1S/C48H71N7O10/c1-8-26(5)40(45(62)53-37(47(64)65)18-32-24-49-34-13-11-10-12-33(32)34)55-46(63)41(27(6)9-2)54-43(60)36(19-39(57)58)52-42(59)35(14-25(3)4)51-44(61)38(50-28(7)56)23-48-20-29-15-30(21-48)17-31(16-29)22-48/h10-13,24-27,29-31,35-38,40-41,49H,8-9,14-23H2,1-7H3,(H,50,56)(H,51,61)(H,52,59)(H,53,62)(H,54,60)(H,55,63)(H,57,58)(H,64,65)/t26-,27-,29?,30?,31?,35-,36-,37-,38+,40-,41-,48?/m0/s1. The second-order valence-corrected chi connectivity index (χ2v) is 19.9. The fourth-order valence-corrected chi connectivity index (χ4v) is 10.9. The lowest BCUT2D eigenvalue weighted by atomic mass is 9.48. The maximum Gasteiger partial charge on any atom is 0.326 e. The van der Waals surface area contributed by atoms with Crippen molar-refractivity contribution in [2.24, 2.45) is 40.9 Å². The first kappa shape index (κ1) is 50.5. The van der Waals surface area contributed by atoms with E-state index >= 15 is 0 Å². The number of amides is 6. The van der Waals surface area contributed by atoms with Crippen molar-refractivity contribution in [3.63, 3.8) is 0 Å². The van der Waals surface area contributed by atoms with E-state index in [1.54, 1.807) is 27.0 Å². The summed E-state index contributed by atoms with van der Waals surface area (Å²) in [5.74, 6) is -6.13. The number of rotatable bonds is 24. The van der Waals surface area contributed by atoms with Crippen molar-refractivity contribution in [3.05, 3.63) is 36.0 Å². The van der Waals surface area contributed by atoms with Crippen molar-refractivity contribution in [1.82, 2.24) is 36.9 Å². The van der Waals surface area contributed by atoms with Gasteiger partial charge in [0.1, 0.15) is 36.3 Å². The number of aliphatic carboxylic acids is 2. The van der Waals surface area contributed by atoms with Crippen LogP contribution in [0.5, 0.6) is 0 Å². The number of carbonyl (C=O) groups is 8. The molecule has 6 rings (SSSR count). The summed E-state index contributed by atoms with van der Waals surface area (Å²) in [6.07, 6.45) is 8.83. The Bertz CT molecular complexity index is 2030. The Kier molecular flexibility index (Phi) is 17.2. The molecule has 0 spiro atoms. The molecule has 0 saturated heterocycles. The van der Waals surface area contributed by atoms with E-state index in [1.165, 1.54) is 26.2 Å². The van der Waals surface area contributed by atoms with Crippen LogP contribution in [0.25, 0.3) is 10.9 Å². The summed E-state index contributed by atoms with van der Waals surface area (Å²) in [5.41, 5.74) is 1.41. The van der Waals surface area contributed by atoms with Crippen LogP contribution in [0, 0.1) is 40.9 Å². The lowest BCUT2D eigenvalue weighted by Crippen LogP contribution is -2.61. The van der Waals surface area contributed by atoms with Crippen molar-refractivity contribution in [2.75, 3.05) is 0 Å². The molecule has 8 atom stereocenters. The molecule has 65 heavy (non-hydrogen) atoms. The fraction of sp³-hybridized carbons (Fsp3) is 0.667. The summed E-state index contributed by atoms with van der Waals surface area (Å²) in [6, 6.07) is -0.225. The molecule has 9 N–H and O–H groups in total. The van der Waals surface area contributed by atoms with Crippen LogP contribution in [-0.4, -0.2) is 98.8 Å². The van der Waals surface area contributed by atoms with Crippen LogP contribution in [0.1, 0.15) is 125 Å². The zero-order valence-corrected chi connectivity index (χ0v) is 39.0. The number of hydrogen-bond donors (Lipinski definition) is 9. The van der Waals surface area contributed by atoms with Crippen LogP contribution in [0.4, 0.5) is 0 Å². The zero-order chi connectivity index (χ0) is 47.7. The molecule has 0 unspecified atom stereocenters. The van der Waals surface area contributed by atoms with Gasteiger partial charge in [-0.15, -0.1) is 0 Å². The molecule has 2 aromatic rings. The quantitative estimate of drug-likeness (QED) is 0.0733. The van der Waals surface area contributed by atoms with E-state index in [9.17, 15) is 48.6 Å². The SMILES string of the molecule is CC[C@H](C)[C@H](NC(=O)[C@H](CC(=O)O)NC(=O)[C@H](CC(C)C)NC(=O)[C@@H](CC12CC3CC(CC(C3)C1)C2)NC(C)=O)C(=O)N[C@H](C(=O)N[C@@H](Cc1c[nH]c2ccccc12)C(=O)O)[C@@H](C)CC. The first-order chi connectivity index (χ1) is 30.7. The molecule has 1 aromatic heterocycles. The second kappa shape index (κ2) is 22.1. The van der Waals surface area contributed by atoms with Crippen LogP contribution < -0.4 is 31.9 Å². The summed E-state index contributed by atoms with van der Waals surface area (Å²) < 4.78 is 0. The monoisotopic (exact) mass is 906 g/mol. The predicted molar refractivity (Wildman–Crippen MR) is 243 cm³/mol. The maximum atomic E-state index is 14.1. The van der Waals surface area contributed by atoms with Crippen molar-refractivity contribution in [1.29, 1.82) is 0 Å². The van der Waals surface area contributed by atoms with E-state index in [1.807, 2.05) is 45.0 Å². The van der Waals surface area contributed by atoms with Gasteiger partial charge in [-0.1, -0.05) is 72.6 Å². The number of fused-ring (bicyclic) bond motifs is 1. The minimum absolute atomic E-state index is 0.0338. The number of benzene rings is 1. The molecular formula is C48H71N7O10. The molecule has 6 amide bonds. The minimum Gasteiger partial charge on any atom is -0.481 e. The molecular weight excluding hydrogens is 835 g/mol. The van der Waals surface area contributed by atoms with E-state index < -0.39 is 96.0 Å². The van der Waals surface area contributed by atoms with Gasteiger partial charge in [0.25, 0.3) is 0 Å². The number of nitrogens with one attached hydrogen (secondary N) is 7. The topological polar surface area (TPSA) is 265 Å². The average Bonchev–Trinajstić information content (AvgIpc) is 3.64. The molecule has 4 aliphatic rings. The van der Waals surface area contributed by atoms with Gasteiger partial charge < -0.3 is 47.1 Å². The third-order valence-electron chi connectivity index (χ3n) is 14.1. The number of carbonyl (C=O) groups excluding carboxylic acids is 6. The Hall–Kier alpha value is -5.48. The normalized spacial score (nSPS) is 23.5. The molecule has 1 aromatic carbocycles. The first-order valence-corrected chi connectivity index (χ1v) is 23.5. The predicted octanol–water partition coefficient (Wildman–Crippen LogP) is 3.94. The molecule has 1 heterocycles. The zero-order valence-electron chi connectivity index (χ0n) is 39.0. The number of para-hydroxylation sites is 1. The summed E-state index contributed by atoms with van der Waals surface area (Å²) in [7, 11) is 0. The Morgan fingerprint density at radius 1 is 0.662 bits per heavy atom. The highest BCUT2D eigenvalue weighted by Gasteiger charge is 2.52. The molecule has 358 valence electrons. The summed E-state index contributed by atoms with van der Waals surface area (Å²) in [4.78, 5) is 110. The van der Waals surface area contributed by atoms with E-state index in [0.717, 1.165) is 30.2 Å². The molecule has 4 saturated carbocycles. The number of aromatic nitrogens is 1. The summed E-state index contributed by atoms with van der Waals surface area (Å²) in [5, 5.41) is 36.9. The first-order valence-electron chi connectivity index (χ1n) is 23.5. The fourth-order valence-electron chi connectivity index (χ4n) is 10.9. The molecule has 0 radical (unpaired) electrons. The van der Waals surface area contributed by atoms with Gasteiger partial charge in [0.15, 0.2) is 0 Å². The largest absolute Gasteiger partial charge is 0.481 e. The maximum absolute atomic E-state index is 14.1. The van der Waals surface area contributed by atoms with Gasteiger partial charge >= 0.3 is 11.9 Å². The molecule has 4 fully saturated rings. The van der Waals surface area contributed by atoms with Crippen LogP contribution in [0.3, 0.4) is 0 Å². The van der Waals surface area contributed by atoms with Crippen LogP contribution in [-0.2, 0) is 44.8 Å². The third kappa shape index (κ3) is 13.3. The molecule has 4 aliphatic carbocycles. The van der Waals surface area contributed by atoms with Crippen LogP contribution in [0.2, 0.25) is 0 Å². The number of H-pyrrole nitrogens is 1. The highest BCUT2D eigenvalue weighted by Crippen LogP contribution is 2.61. The van der Waals surface area contributed by atoms with E-state index in [-0.39, 0.29) is 30.1 Å². The summed E-state index contributed by atoms with van der Waals surface area (Å²) >= 11 is 0. The van der Waals surface area contributed by atoms with Crippen LogP contribution >= 0.6 is 0 Å². The summed E-state index contributed by atoms with van der Waals surface area (Å²) in [6.45, 7) is 12.1. The van der Waals surface area contributed by atoms with Gasteiger partial charge in [-0.2, -0.15) is 0 Å². The van der Waals surface area contributed by atoms with E-state index in [4.69, 9.17) is 0 Å². The number of carboxylic acids is 2. The number of aromatic amines is 1. The molecule has 17 nitrogen and oxygen atoms in total. The van der Waals surface area contributed by atoms with Gasteiger partial charge in [-0.05, 0) is 104 Å². The molecule has 4 bridgehead atoms. The molecule has 17 heteroatoms. The third-order valence-corrected chi connectivity index (χ3v) is 14.1. The van der Waals surface area contributed by atoms with E-state index in [0.29, 0.717) is 42.6 Å². The molecule has 0 aliphatic heterocycles. The van der Waals surface area contributed by atoms with Crippen molar-refractivity contribution >= 4 is 58.3 Å². The van der Waals surface area contributed by atoms with Crippen molar-refractivity contribution < 1.29 is 48.6 Å².